The largest absolute Gasteiger partial charge is 0.393 e. The second kappa shape index (κ2) is 5.56. The highest BCUT2D eigenvalue weighted by atomic mass is 16.3. The average molecular weight is 276 g/mol. The fourth-order valence-corrected chi connectivity index (χ4v) is 3.59. The van der Waals surface area contributed by atoms with Crippen LogP contribution in [-0.4, -0.2) is 40.8 Å². The van der Waals surface area contributed by atoms with Crippen LogP contribution in [0.5, 0.6) is 0 Å². The van der Waals surface area contributed by atoms with Crippen molar-refractivity contribution in [3.05, 3.63) is 11.9 Å². The fourth-order valence-electron chi connectivity index (χ4n) is 3.59. The zero-order chi connectivity index (χ0) is 14.1. The Morgan fingerprint density at radius 1 is 1.35 bits per heavy atom. The Kier molecular flexibility index (Phi) is 3.78. The highest BCUT2D eigenvalue weighted by Gasteiger charge is 2.42. The van der Waals surface area contributed by atoms with E-state index in [-0.39, 0.29) is 6.10 Å². The van der Waals surface area contributed by atoms with Gasteiger partial charge < -0.3 is 15.3 Å². The molecule has 0 radical (unpaired) electrons. The van der Waals surface area contributed by atoms with Crippen molar-refractivity contribution < 1.29 is 5.11 Å². The summed E-state index contributed by atoms with van der Waals surface area (Å²) in [5, 5.41) is 13.4. The molecular weight excluding hydrogens is 252 g/mol. The summed E-state index contributed by atoms with van der Waals surface area (Å²) in [6.45, 7) is 7.11. The summed E-state index contributed by atoms with van der Waals surface area (Å²) in [7, 11) is 0. The first-order chi connectivity index (χ1) is 9.70. The summed E-state index contributed by atoms with van der Waals surface area (Å²) in [5.74, 6) is 3.03. The Labute approximate surface area is 120 Å². The molecule has 1 aliphatic heterocycles. The summed E-state index contributed by atoms with van der Waals surface area (Å²) in [6.07, 6.45) is 4.72. The van der Waals surface area contributed by atoms with Gasteiger partial charge in [0, 0.05) is 31.1 Å². The molecule has 2 aliphatic rings. The first-order valence-electron chi connectivity index (χ1n) is 7.69. The number of anilines is 2. The minimum absolute atomic E-state index is 0.121. The summed E-state index contributed by atoms with van der Waals surface area (Å²) in [6, 6.07) is 0. The van der Waals surface area contributed by atoms with E-state index in [1.54, 1.807) is 6.33 Å². The molecule has 1 aromatic heterocycles. The van der Waals surface area contributed by atoms with E-state index in [4.69, 9.17) is 0 Å². The predicted molar refractivity (Wildman–Crippen MR) is 80.0 cm³/mol. The molecule has 2 heterocycles. The molecule has 0 bridgehead atoms. The van der Waals surface area contributed by atoms with Crippen LogP contribution in [0.15, 0.2) is 6.33 Å². The molecule has 2 fully saturated rings. The molecule has 1 aliphatic carbocycles. The maximum absolute atomic E-state index is 10.0. The first-order valence-corrected chi connectivity index (χ1v) is 7.69. The summed E-state index contributed by atoms with van der Waals surface area (Å²) < 4.78 is 0. The fraction of sp³-hybridized carbons (Fsp3) is 0.733. The van der Waals surface area contributed by atoms with Crippen molar-refractivity contribution in [3.8, 4) is 0 Å². The molecule has 3 atom stereocenters. The summed E-state index contributed by atoms with van der Waals surface area (Å²) in [5.41, 5.74) is 1.12. The van der Waals surface area contributed by atoms with E-state index in [0.717, 1.165) is 56.1 Å². The minimum Gasteiger partial charge on any atom is -0.393 e. The molecule has 110 valence electrons. The van der Waals surface area contributed by atoms with Crippen molar-refractivity contribution in [3.63, 3.8) is 0 Å². The third kappa shape index (κ3) is 2.35. The zero-order valence-electron chi connectivity index (χ0n) is 12.3. The van der Waals surface area contributed by atoms with E-state index in [9.17, 15) is 5.11 Å². The van der Waals surface area contributed by atoms with Crippen LogP contribution in [0.1, 0.15) is 31.7 Å². The molecule has 0 aromatic carbocycles. The molecule has 5 nitrogen and oxygen atoms in total. The maximum Gasteiger partial charge on any atom is 0.137 e. The van der Waals surface area contributed by atoms with Crippen molar-refractivity contribution in [2.45, 2.75) is 39.2 Å². The van der Waals surface area contributed by atoms with Gasteiger partial charge in [-0.2, -0.15) is 0 Å². The molecular formula is C15H24N4O. The number of hydrogen-bond acceptors (Lipinski definition) is 5. The van der Waals surface area contributed by atoms with Gasteiger partial charge >= 0.3 is 0 Å². The van der Waals surface area contributed by atoms with Gasteiger partial charge in [-0.3, -0.25) is 0 Å². The van der Waals surface area contributed by atoms with E-state index >= 15 is 0 Å². The molecule has 3 unspecified atom stereocenters. The Hall–Kier alpha value is -1.36. The topological polar surface area (TPSA) is 61.3 Å². The van der Waals surface area contributed by atoms with Gasteiger partial charge in [0.2, 0.25) is 0 Å². The molecule has 5 heteroatoms. The molecule has 0 spiro atoms. The van der Waals surface area contributed by atoms with Crippen LogP contribution in [0.4, 0.5) is 11.6 Å². The van der Waals surface area contributed by atoms with E-state index in [1.807, 2.05) is 0 Å². The normalized spacial score (nSPS) is 28.8. The molecule has 0 amide bonds. The second-order valence-electron chi connectivity index (χ2n) is 6.07. The first kappa shape index (κ1) is 13.6. The predicted octanol–water partition coefficient (Wildman–Crippen LogP) is 1.81. The number of aromatic nitrogens is 2. The number of nitrogens with one attached hydrogen (secondary N) is 1. The van der Waals surface area contributed by atoms with Crippen molar-refractivity contribution >= 4 is 11.6 Å². The summed E-state index contributed by atoms with van der Waals surface area (Å²) in [4.78, 5) is 11.1. The number of fused-ring (bicyclic) bond motifs is 1. The lowest BCUT2D eigenvalue weighted by Gasteiger charge is -2.22. The van der Waals surface area contributed by atoms with Crippen molar-refractivity contribution in [1.82, 2.24) is 9.97 Å². The molecule has 1 saturated heterocycles. The standard InChI is InChI=1S/C15H24N4O/c1-3-6-16-14-10(2)15(18-9-17-14)19-7-11-4-5-13(20)12(11)8-19/h9,11-13,20H,3-8H2,1-2H3,(H,16,17,18). The van der Waals surface area contributed by atoms with E-state index < -0.39 is 0 Å². The van der Waals surface area contributed by atoms with Gasteiger partial charge in [-0.25, -0.2) is 9.97 Å². The van der Waals surface area contributed by atoms with Crippen LogP contribution in [0, 0.1) is 18.8 Å². The van der Waals surface area contributed by atoms with Crippen molar-refractivity contribution in [1.29, 1.82) is 0 Å². The number of nitrogens with zero attached hydrogens (tertiary/aromatic N) is 3. The average Bonchev–Trinajstić information content (AvgIpc) is 3.00. The number of rotatable bonds is 4. The third-order valence-corrected chi connectivity index (χ3v) is 4.72. The molecule has 1 aromatic rings. The number of aliphatic hydroxyl groups is 1. The Morgan fingerprint density at radius 3 is 2.95 bits per heavy atom. The van der Waals surface area contributed by atoms with Gasteiger partial charge in [0.25, 0.3) is 0 Å². The van der Waals surface area contributed by atoms with Gasteiger partial charge in [-0.1, -0.05) is 6.92 Å². The monoisotopic (exact) mass is 276 g/mol. The molecule has 3 rings (SSSR count). The minimum atomic E-state index is -0.121. The highest BCUT2D eigenvalue weighted by Crippen LogP contribution is 2.40. The zero-order valence-corrected chi connectivity index (χ0v) is 12.3. The quantitative estimate of drug-likeness (QED) is 0.878. The van der Waals surface area contributed by atoms with Gasteiger partial charge in [-0.05, 0) is 32.1 Å². The van der Waals surface area contributed by atoms with Crippen LogP contribution in [-0.2, 0) is 0 Å². The lowest BCUT2D eigenvalue weighted by atomic mass is 10.00. The SMILES string of the molecule is CCCNc1ncnc(N2CC3CCC(O)C3C2)c1C. The molecule has 20 heavy (non-hydrogen) atoms. The van der Waals surface area contributed by atoms with Crippen molar-refractivity contribution in [2.24, 2.45) is 11.8 Å². The van der Waals surface area contributed by atoms with Gasteiger partial charge in [0.05, 0.1) is 6.10 Å². The van der Waals surface area contributed by atoms with E-state index in [0.29, 0.717) is 11.8 Å². The maximum atomic E-state index is 10.0. The summed E-state index contributed by atoms with van der Waals surface area (Å²) >= 11 is 0. The Balaban J connectivity index is 1.78. The smallest absolute Gasteiger partial charge is 0.137 e. The van der Waals surface area contributed by atoms with E-state index in [2.05, 4.69) is 34.0 Å². The van der Waals surface area contributed by atoms with Crippen LogP contribution in [0.3, 0.4) is 0 Å². The Morgan fingerprint density at radius 2 is 2.20 bits per heavy atom. The number of aliphatic hydroxyl groups excluding tert-OH is 1. The highest BCUT2D eigenvalue weighted by molar-refractivity contribution is 5.58. The van der Waals surface area contributed by atoms with Crippen LogP contribution >= 0.6 is 0 Å². The molecule has 2 N–H and O–H groups in total. The van der Waals surface area contributed by atoms with Gasteiger partial charge in [0.15, 0.2) is 0 Å². The van der Waals surface area contributed by atoms with Crippen LogP contribution < -0.4 is 10.2 Å². The third-order valence-electron chi connectivity index (χ3n) is 4.72. The lowest BCUT2D eigenvalue weighted by Crippen LogP contribution is -2.26. The van der Waals surface area contributed by atoms with Gasteiger partial charge in [0.1, 0.15) is 18.0 Å². The van der Waals surface area contributed by atoms with Crippen LogP contribution in [0.2, 0.25) is 0 Å². The Bertz CT molecular complexity index is 479. The second-order valence-corrected chi connectivity index (χ2v) is 6.07. The van der Waals surface area contributed by atoms with Crippen molar-refractivity contribution in [2.75, 3.05) is 29.9 Å². The lowest BCUT2D eigenvalue weighted by molar-refractivity contribution is 0.133. The van der Waals surface area contributed by atoms with Crippen LogP contribution in [0.25, 0.3) is 0 Å². The van der Waals surface area contributed by atoms with E-state index in [1.165, 1.54) is 0 Å². The number of hydrogen-bond donors (Lipinski definition) is 2. The van der Waals surface area contributed by atoms with Gasteiger partial charge in [-0.15, -0.1) is 0 Å². The molecule has 1 saturated carbocycles.